The molecule has 3 aliphatic rings. The average Bonchev–Trinajstić information content (AvgIpc) is 2.91. The number of hydrogen-bond donors (Lipinski definition) is 6. The molecule has 3 fully saturated rings. The van der Waals surface area contributed by atoms with Crippen molar-refractivity contribution in [1.82, 2.24) is 0 Å². The lowest BCUT2D eigenvalue weighted by Crippen LogP contribution is -2.50. The molecular weight excluding hydrogens is 304 g/mol. The van der Waals surface area contributed by atoms with Crippen molar-refractivity contribution in [1.29, 1.82) is 0 Å². The smallest absolute Gasteiger partial charge is 0.221 e. The third-order valence-corrected chi connectivity index (χ3v) is 4.44. The molecule has 3 aliphatic heterocycles. The predicted octanol–water partition coefficient (Wildman–Crippen LogP) is -4.35. The summed E-state index contributed by atoms with van der Waals surface area (Å²) >= 11 is 0. The maximum Gasteiger partial charge on any atom is 0.221 e. The maximum atomic E-state index is 10.0. The Bertz CT molecular complexity index is 383. The second-order valence-corrected chi connectivity index (χ2v) is 5.75. The van der Waals surface area contributed by atoms with Crippen LogP contribution in [-0.4, -0.2) is 105 Å². The van der Waals surface area contributed by atoms with Crippen LogP contribution in [0.15, 0.2) is 0 Å². The Hall–Kier alpha value is -0.400. The van der Waals surface area contributed by atoms with E-state index in [0.29, 0.717) is 0 Å². The van der Waals surface area contributed by atoms with Crippen molar-refractivity contribution in [2.75, 3.05) is 26.4 Å². The van der Waals surface area contributed by atoms with E-state index in [4.69, 9.17) is 18.9 Å². The topological polar surface area (TPSA) is 158 Å². The Morgan fingerprint density at radius 1 is 0.727 bits per heavy atom. The summed E-state index contributed by atoms with van der Waals surface area (Å²) in [5, 5.41) is 59.0. The van der Waals surface area contributed by atoms with Crippen molar-refractivity contribution in [3.05, 3.63) is 0 Å². The molecule has 10 heteroatoms. The second kappa shape index (κ2) is 5.60. The van der Waals surface area contributed by atoms with Gasteiger partial charge in [-0.2, -0.15) is 0 Å². The van der Waals surface area contributed by atoms with Crippen LogP contribution in [0.4, 0.5) is 0 Å². The predicted molar refractivity (Wildman–Crippen MR) is 65.3 cm³/mol. The minimum absolute atomic E-state index is 0.361. The van der Waals surface area contributed by atoms with E-state index in [0.717, 1.165) is 0 Å². The molecule has 3 saturated heterocycles. The first kappa shape index (κ1) is 16.5. The molecule has 0 aliphatic carbocycles. The Balaban J connectivity index is 1.90. The largest absolute Gasteiger partial charge is 0.391 e. The summed E-state index contributed by atoms with van der Waals surface area (Å²) in [5.41, 5.74) is 0. The van der Waals surface area contributed by atoms with E-state index < -0.39 is 61.4 Å². The lowest BCUT2D eigenvalue weighted by atomic mass is 10.0. The zero-order chi connectivity index (χ0) is 16.1. The van der Waals surface area contributed by atoms with E-state index in [9.17, 15) is 30.6 Å². The molecule has 3 heterocycles. The highest BCUT2D eigenvalue weighted by Crippen LogP contribution is 2.39. The molecule has 10 nitrogen and oxygen atoms in total. The van der Waals surface area contributed by atoms with Gasteiger partial charge in [-0.05, 0) is 0 Å². The van der Waals surface area contributed by atoms with Gasteiger partial charge in [-0.25, -0.2) is 0 Å². The normalized spacial score (nSPS) is 55.4. The fourth-order valence-corrected chi connectivity index (χ4v) is 3.02. The summed E-state index contributed by atoms with van der Waals surface area (Å²) in [7, 11) is 0. The van der Waals surface area contributed by atoms with E-state index in [1.165, 1.54) is 0 Å². The van der Waals surface area contributed by atoms with Crippen LogP contribution in [0.1, 0.15) is 0 Å². The van der Waals surface area contributed by atoms with Gasteiger partial charge in [0, 0.05) is 0 Å². The van der Waals surface area contributed by atoms with Gasteiger partial charge in [0.1, 0.15) is 49.8 Å². The van der Waals surface area contributed by atoms with Gasteiger partial charge in [0.05, 0.1) is 13.2 Å². The van der Waals surface area contributed by atoms with Gasteiger partial charge in [-0.1, -0.05) is 0 Å². The van der Waals surface area contributed by atoms with Gasteiger partial charge in [0.15, 0.2) is 0 Å². The monoisotopic (exact) mass is 324 g/mol. The number of aliphatic hydroxyl groups is 6. The van der Waals surface area contributed by atoms with E-state index in [1.54, 1.807) is 0 Å². The Morgan fingerprint density at radius 2 is 1.09 bits per heavy atom. The first-order valence-electron chi connectivity index (χ1n) is 6.96. The molecule has 0 aromatic carbocycles. The first-order chi connectivity index (χ1) is 10.4. The summed E-state index contributed by atoms with van der Waals surface area (Å²) in [6.45, 7) is -2.20. The van der Waals surface area contributed by atoms with E-state index in [1.807, 2.05) is 0 Å². The van der Waals surface area contributed by atoms with Gasteiger partial charge in [-0.3, -0.25) is 0 Å². The van der Waals surface area contributed by atoms with Gasteiger partial charge >= 0.3 is 0 Å². The van der Waals surface area contributed by atoms with Crippen LogP contribution in [-0.2, 0) is 18.9 Å². The van der Waals surface area contributed by atoms with Crippen molar-refractivity contribution < 1.29 is 49.6 Å². The van der Waals surface area contributed by atoms with Crippen molar-refractivity contribution in [3.63, 3.8) is 0 Å². The van der Waals surface area contributed by atoms with Crippen molar-refractivity contribution in [2.45, 2.75) is 48.2 Å². The fourth-order valence-electron chi connectivity index (χ4n) is 3.02. The highest BCUT2D eigenvalue weighted by Gasteiger charge is 2.61. The molecule has 6 unspecified atom stereocenters. The highest BCUT2D eigenvalue weighted by molar-refractivity contribution is 5.01. The number of rotatable bonds is 2. The van der Waals surface area contributed by atoms with Crippen molar-refractivity contribution in [3.8, 4) is 0 Å². The Morgan fingerprint density at radius 3 is 1.41 bits per heavy atom. The first-order valence-corrected chi connectivity index (χ1v) is 6.96. The van der Waals surface area contributed by atoms with Gasteiger partial charge in [-0.15, -0.1) is 0 Å². The van der Waals surface area contributed by atoms with Crippen LogP contribution >= 0.6 is 0 Å². The van der Waals surface area contributed by atoms with E-state index in [2.05, 4.69) is 0 Å². The van der Waals surface area contributed by atoms with Crippen LogP contribution in [0, 0.1) is 0 Å². The summed E-state index contributed by atoms with van der Waals surface area (Å²) in [4.78, 5) is 0. The summed E-state index contributed by atoms with van der Waals surface area (Å²) < 4.78 is 21.5. The summed E-state index contributed by atoms with van der Waals surface area (Å²) in [6, 6.07) is 0. The minimum Gasteiger partial charge on any atom is -0.391 e. The summed E-state index contributed by atoms with van der Waals surface area (Å²) in [6.07, 6.45) is -8.01. The molecule has 22 heavy (non-hydrogen) atoms. The van der Waals surface area contributed by atoms with Crippen LogP contribution in [0.2, 0.25) is 0 Å². The average molecular weight is 324 g/mol. The van der Waals surface area contributed by atoms with Crippen LogP contribution in [0.5, 0.6) is 0 Å². The Labute approximate surface area is 125 Å². The molecular formula is C12H20O10. The summed E-state index contributed by atoms with van der Waals surface area (Å²) in [5.74, 6) is -3.74. The lowest BCUT2D eigenvalue weighted by molar-refractivity contribution is -0.328. The minimum atomic E-state index is -1.87. The van der Waals surface area contributed by atoms with Crippen LogP contribution < -0.4 is 0 Å². The zero-order valence-corrected chi connectivity index (χ0v) is 11.6. The quantitative estimate of drug-likeness (QED) is 0.293. The molecule has 0 spiro atoms. The third-order valence-electron chi connectivity index (χ3n) is 4.44. The molecule has 0 radical (unpaired) electrons. The molecule has 0 amide bonds. The number of fused-ring (bicyclic) bond motifs is 4. The molecule has 6 N–H and O–H groups in total. The van der Waals surface area contributed by atoms with Crippen molar-refractivity contribution >= 4 is 0 Å². The fraction of sp³-hybridized carbons (Fsp3) is 1.00. The number of ether oxygens (including phenoxy) is 4. The van der Waals surface area contributed by atoms with Gasteiger partial charge in [0.2, 0.25) is 11.6 Å². The highest BCUT2D eigenvalue weighted by atomic mass is 16.8. The second-order valence-electron chi connectivity index (χ2n) is 5.75. The standard InChI is InChI=1S/C12H20O10/c13-3-11-10(18)8(16)6(22-11)2-20-12(4-14)9(17)7(15)5(21-12)1-19-11/h5-10,13-18H,1-4H2/t5?,6?,7?,8?,9?,10?,11-,12-/m0/s1. The third kappa shape index (κ3) is 2.19. The molecule has 0 saturated carbocycles. The van der Waals surface area contributed by atoms with E-state index >= 15 is 0 Å². The molecule has 128 valence electrons. The molecule has 8 atom stereocenters. The SMILES string of the molecule is OC[C@]12OCC3O[C@](CO)(OCC(O1)C(O)C2O)C(O)C3O. The lowest BCUT2D eigenvalue weighted by Gasteiger charge is -2.34. The van der Waals surface area contributed by atoms with Gasteiger partial charge in [0.25, 0.3) is 0 Å². The van der Waals surface area contributed by atoms with Crippen LogP contribution in [0.3, 0.4) is 0 Å². The number of aliphatic hydroxyl groups excluding tert-OH is 6. The molecule has 0 aromatic rings. The molecule has 0 aromatic heterocycles. The molecule has 4 bridgehead atoms. The maximum absolute atomic E-state index is 10.0. The number of hydrogen-bond acceptors (Lipinski definition) is 10. The van der Waals surface area contributed by atoms with Crippen molar-refractivity contribution in [2.24, 2.45) is 0 Å². The Kier molecular flexibility index (Phi) is 4.19. The van der Waals surface area contributed by atoms with Crippen LogP contribution in [0.25, 0.3) is 0 Å². The van der Waals surface area contributed by atoms with E-state index in [-0.39, 0.29) is 13.2 Å². The molecule has 3 rings (SSSR count). The zero-order valence-electron chi connectivity index (χ0n) is 11.6. The van der Waals surface area contributed by atoms with Gasteiger partial charge < -0.3 is 49.6 Å².